The van der Waals surface area contributed by atoms with Gasteiger partial charge in [-0.3, -0.25) is 4.98 Å². The summed E-state index contributed by atoms with van der Waals surface area (Å²) >= 11 is 0. The summed E-state index contributed by atoms with van der Waals surface area (Å²) in [5.41, 5.74) is 3.08. The summed E-state index contributed by atoms with van der Waals surface area (Å²) in [4.78, 5) is 4.05. The molecular weight excluding hydrogens is 174 g/mol. The molecule has 0 spiro atoms. The van der Waals surface area contributed by atoms with Gasteiger partial charge in [-0.1, -0.05) is 24.3 Å². The minimum absolute atomic E-state index is 0.0775. The maximum Gasteiger partial charge on any atom is 0.0682 e. The lowest BCUT2D eigenvalue weighted by atomic mass is 10.1. The molecule has 0 aliphatic carbocycles. The van der Waals surface area contributed by atoms with Gasteiger partial charge in [0.05, 0.1) is 6.61 Å². The topological polar surface area (TPSA) is 33.1 Å². The van der Waals surface area contributed by atoms with Crippen LogP contribution in [0.1, 0.15) is 5.56 Å². The first-order valence-electron chi connectivity index (χ1n) is 4.50. The molecule has 2 aromatic rings. The number of aliphatic hydroxyl groups is 1. The van der Waals surface area contributed by atoms with Crippen LogP contribution >= 0.6 is 0 Å². The third-order valence-electron chi connectivity index (χ3n) is 2.10. The highest BCUT2D eigenvalue weighted by Gasteiger charge is 1.97. The highest BCUT2D eigenvalue weighted by molar-refractivity contribution is 5.62. The SMILES string of the molecule is OCc1cccc(-c2cccnc2)c1. The number of benzene rings is 1. The molecule has 0 aliphatic heterocycles. The van der Waals surface area contributed by atoms with E-state index >= 15 is 0 Å². The predicted octanol–water partition coefficient (Wildman–Crippen LogP) is 2.24. The molecule has 1 heterocycles. The molecule has 0 aliphatic rings. The molecule has 14 heavy (non-hydrogen) atoms. The Hall–Kier alpha value is -1.67. The summed E-state index contributed by atoms with van der Waals surface area (Å²) in [5.74, 6) is 0. The van der Waals surface area contributed by atoms with Crippen molar-refractivity contribution in [2.24, 2.45) is 0 Å². The molecule has 0 saturated carbocycles. The van der Waals surface area contributed by atoms with Crippen LogP contribution in [0.2, 0.25) is 0 Å². The van der Waals surface area contributed by atoms with E-state index in [4.69, 9.17) is 5.11 Å². The van der Waals surface area contributed by atoms with Gasteiger partial charge < -0.3 is 5.11 Å². The van der Waals surface area contributed by atoms with E-state index in [0.29, 0.717) is 0 Å². The number of rotatable bonds is 2. The van der Waals surface area contributed by atoms with Crippen LogP contribution in [-0.4, -0.2) is 10.1 Å². The predicted molar refractivity (Wildman–Crippen MR) is 55.6 cm³/mol. The van der Waals surface area contributed by atoms with E-state index in [-0.39, 0.29) is 6.61 Å². The fourth-order valence-corrected chi connectivity index (χ4v) is 1.38. The Balaban J connectivity index is 2.42. The van der Waals surface area contributed by atoms with Crippen LogP contribution in [0, 0.1) is 0 Å². The third kappa shape index (κ3) is 1.80. The lowest BCUT2D eigenvalue weighted by Crippen LogP contribution is -1.84. The fraction of sp³-hybridized carbons (Fsp3) is 0.0833. The van der Waals surface area contributed by atoms with Gasteiger partial charge in [-0.2, -0.15) is 0 Å². The molecular formula is C12H11NO. The van der Waals surface area contributed by atoms with E-state index in [1.54, 1.807) is 6.20 Å². The second-order valence-corrected chi connectivity index (χ2v) is 3.10. The standard InChI is InChI=1S/C12H11NO/c14-9-10-3-1-4-11(7-10)12-5-2-6-13-8-12/h1-8,14H,9H2. The molecule has 0 saturated heterocycles. The van der Waals surface area contributed by atoms with Crippen molar-refractivity contribution in [1.29, 1.82) is 0 Å². The summed E-state index contributed by atoms with van der Waals surface area (Å²) < 4.78 is 0. The van der Waals surface area contributed by atoms with E-state index in [9.17, 15) is 0 Å². The molecule has 70 valence electrons. The Bertz CT molecular complexity index is 412. The second-order valence-electron chi connectivity index (χ2n) is 3.10. The Labute approximate surface area is 82.9 Å². The van der Waals surface area contributed by atoms with E-state index < -0.39 is 0 Å². The zero-order chi connectivity index (χ0) is 9.80. The van der Waals surface area contributed by atoms with Gasteiger partial charge in [0.2, 0.25) is 0 Å². The Morgan fingerprint density at radius 3 is 2.64 bits per heavy atom. The van der Waals surface area contributed by atoms with Crippen molar-refractivity contribution in [3.05, 3.63) is 54.4 Å². The highest BCUT2D eigenvalue weighted by atomic mass is 16.3. The van der Waals surface area contributed by atoms with Crippen LogP contribution in [-0.2, 0) is 6.61 Å². The lowest BCUT2D eigenvalue weighted by molar-refractivity contribution is 0.282. The molecule has 1 aromatic heterocycles. The molecule has 0 bridgehead atoms. The van der Waals surface area contributed by atoms with Crippen molar-refractivity contribution < 1.29 is 5.11 Å². The van der Waals surface area contributed by atoms with Crippen LogP contribution in [0.4, 0.5) is 0 Å². The first-order valence-corrected chi connectivity index (χ1v) is 4.50. The maximum absolute atomic E-state index is 8.99. The van der Waals surface area contributed by atoms with Crippen molar-refractivity contribution >= 4 is 0 Å². The van der Waals surface area contributed by atoms with E-state index in [2.05, 4.69) is 4.98 Å². The Morgan fingerprint density at radius 2 is 1.93 bits per heavy atom. The number of hydrogen-bond donors (Lipinski definition) is 1. The van der Waals surface area contributed by atoms with Crippen molar-refractivity contribution in [2.75, 3.05) is 0 Å². The largest absolute Gasteiger partial charge is 0.392 e. The number of hydrogen-bond acceptors (Lipinski definition) is 2. The molecule has 0 amide bonds. The summed E-state index contributed by atoms with van der Waals surface area (Å²) in [6.07, 6.45) is 3.57. The number of pyridine rings is 1. The molecule has 0 radical (unpaired) electrons. The van der Waals surface area contributed by atoms with E-state index in [1.165, 1.54) is 0 Å². The van der Waals surface area contributed by atoms with E-state index in [0.717, 1.165) is 16.7 Å². The number of aromatic nitrogens is 1. The average molecular weight is 185 g/mol. The molecule has 0 fully saturated rings. The van der Waals surface area contributed by atoms with Gasteiger partial charge in [0.25, 0.3) is 0 Å². The summed E-state index contributed by atoms with van der Waals surface area (Å²) in [6, 6.07) is 11.7. The molecule has 2 rings (SSSR count). The van der Waals surface area contributed by atoms with Gasteiger partial charge in [0.1, 0.15) is 0 Å². The van der Waals surface area contributed by atoms with Gasteiger partial charge in [-0.25, -0.2) is 0 Å². The van der Waals surface area contributed by atoms with Crippen molar-refractivity contribution in [3.8, 4) is 11.1 Å². The van der Waals surface area contributed by atoms with Crippen LogP contribution in [0.15, 0.2) is 48.8 Å². The summed E-state index contributed by atoms with van der Waals surface area (Å²) in [6.45, 7) is 0.0775. The molecule has 0 atom stereocenters. The fourth-order valence-electron chi connectivity index (χ4n) is 1.38. The summed E-state index contributed by atoms with van der Waals surface area (Å²) in [7, 11) is 0. The average Bonchev–Trinajstić information content (AvgIpc) is 2.30. The van der Waals surface area contributed by atoms with Gasteiger partial charge >= 0.3 is 0 Å². The van der Waals surface area contributed by atoms with Gasteiger partial charge in [0.15, 0.2) is 0 Å². The molecule has 0 unspecified atom stereocenters. The van der Waals surface area contributed by atoms with Crippen molar-refractivity contribution in [3.63, 3.8) is 0 Å². The number of aliphatic hydroxyl groups excluding tert-OH is 1. The zero-order valence-electron chi connectivity index (χ0n) is 7.72. The molecule has 2 heteroatoms. The van der Waals surface area contributed by atoms with Gasteiger partial charge in [-0.05, 0) is 28.8 Å². The van der Waals surface area contributed by atoms with Crippen molar-refractivity contribution in [1.82, 2.24) is 4.98 Å². The molecule has 1 aromatic carbocycles. The van der Waals surface area contributed by atoms with Gasteiger partial charge in [0, 0.05) is 12.4 Å². The Morgan fingerprint density at radius 1 is 1.07 bits per heavy atom. The molecule has 1 N–H and O–H groups in total. The van der Waals surface area contributed by atoms with E-state index in [1.807, 2.05) is 42.6 Å². The third-order valence-corrected chi connectivity index (χ3v) is 2.10. The monoisotopic (exact) mass is 185 g/mol. The second kappa shape index (κ2) is 4.03. The van der Waals surface area contributed by atoms with Crippen LogP contribution in [0.25, 0.3) is 11.1 Å². The van der Waals surface area contributed by atoms with Crippen LogP contribution in [0.5, 0.6) is 0 Å². The highest BCUT2D eigenvalue weighted by Crippen LogP contribution is 2.18. The smallest absolute Gasteiger partial charge is 0.0682 e. The van der Waals surface area contributed by atoms with Gasteiger partial charge in [-0.15, -0.1) is 0 Å². The quantitative estimate of drug-likeness (QED) is 0.778. The molecule has 2 nitrogen and oxygen atoms in total. The first kappa shape index (κ1) is 8.91. The van der Waals surface area contributed by atoms with Crippen molar-refractivity contribution in [2.45, 2.75) is 6.61 Å². The Kier molecular flexibility index (Phi) is 2.56. The minimum Gasteiger partial charge on any atom is -0.392 e. The zero-order valence-corrected chi connectivity index (χ0v) is 7.72. The normalized spacial score (nSPS) is 10.1. The van der Waals surface area contributed by atoms with Crippen LogP contribution in [0.3, 0.4) is 0 Å². The lowest BCUT2D eigenvalue weighted by Gasteiger charge is -2.02. The summed E-state index contributed by atoms with van der Waals surface area (Å²) in [5, 5.41) is 8.99. The van der Waals surface area contributed by atoms with Crippen LogP contribution < -0.4 is 0 Å². The minimum atomic E-state index is 0.0775. The maximum atomic E-state index is 8.99. The number of nitrogens with zero attached hydrogens (tertiary/aromatic N) is 1. The first-order chi connectivity index (χ1) is 6.90.